The molecule has 0 aromatic heterocycles. The van der Waals surface area contributed by atoms with Gasteiger partial charge in [-0.1, -0.05) is 70.3 Å². The third kappa shape index (κ3) is 13.1. The highest BCUT2D eigenvalue weighted by atomic mass is 16.5. The van der Waals surface area contributed by atoms with Crippen LogP contribution in [0.4, 0.5) is 0 Å². The highest BCUT2D eigenvalue weighted by Gasteiger charge is 2.00. The van der Waals surface area contributed by atoms with Gasteiger partial charge in [-0.05, 0) is 18.3 Å². The predicted molar refractivity (Wildman–Crippen MR) is 80.4 cm³/mol. The zero-order chi connectivity index (χ0) is 13.6. The first-order valence-electron chi connectivity index (χ1n) is 6.99. The molecule has 0 heterocycles. The highest BCUT2D eigenvalue weighted by molar-refractivity contribution is 5.02. The standard InChI is InChI=1S/C17H28O/c1-5-14-18-15-9-7-6-8-12-17(4)13-10-11-16(2)3/h1,6-9,16-17H,10-15H2,2-4H3. The molecule has 102 valence electrons. The minimum atomic E-state index is 0.390. The van der Waals surface area contributed by atoms with Crippen molar-refractivity contribution in [2.45, 2.75) is 46.5 Å². The molecule has 0 bridgehead atoms. The molecule has 0 aromatic carbocycles. The molecular formula is C17H28O. The Labute approximate surface area is 113 Å². The first-order valence-corrected chi connectivity index (χ1v) is 6.99. The van der Waals surface area contributed by atoms with Gasteiger partial charge >= 0.3 is 0 Å². The summed E-state index contributed by atoms with van der Waals surface area (Å²) >= 11 is 0. The predicted octanol–water partition coefficient (Wildman–Crippen LogP) is 4.60. The molecule has 1 unspecified atom stereocenters. The Balaban J connectivity index is 3.47. The van der Waals surface area contributed by atoms with Crippen LogP contribution in [0.1, 0.15) is 46.5 Å². The lowest BCUT2D eigenvalue weighted by molar-refractivity contribution is 0.199. The maximum absolute atomic E-state index is 5.13. The molecule has 0 radical (unpaired) electrons. The van der Waals surface area contributed by atoms with Crippen molar-refractivity contribution >= 4 is 0 Å². The minimum absolute atomic E-state index is 0.390. The van der Waals surface area contributed by atoms with Crippen molar-refractivity contribution in [3.05, 3.63) is 24.3 Å². The first-order chi connectivity index (χ1) is 8.66. The molecule has 0 aliphatic rings. The van der Waals surface area contributed by atoms with Gasteiger partial charge in [0.2, 0.25) is 0 Å². The molecule has 0 aliphatic carbocycles. The number of ether oxygens (including phenoxy) is 1. The second-order valence-electron chi connectivity index (χ2n) is 5.24. The van der Waals surface area contributed by atoms with Crippen LogP contribution in [0, 0.1) is 24.2 Å². The Morgan fingerprint density at radius 3 is 2.50 bits per heavy atom. The monoisotopic (exact) mass is 248 g/mol. The molecule has 0 N–H and O–H groups in total. The van der Waals surface area contributed by atoms with Gasteiger partial charge in [0.05, 0.1) is 6.61 Å². The molecule has 0 rings (SSSR count). The van der Waals surface area contributed by atoms with E-state index in [9.17, 15) is 0 Å². The zero-order valence-electron chi connectivity index (χ0n) is 12.2. The smallest absolute Gasteiger partial charge is 0.107 e. The number of hydrogen-bond donors (Lipinski definition) is 0. The summed E-state index contributed by atoms with van der Waals surface area (Å²) in [6.07, 6.45) is 18.6. The van der Waals surface area contributed by atoms with Gasteiger partial charge in [0.25, 0.3) is 0 Å². The molecule has 1 heteroatoms. The van der Waals surface area contributed by atoms with Gasteiger partial charge in [0.15, 0.2) is 0 Å². The zero-order valence-corrected chi connectivity index (χ0v) is 12.2. The summed E-state index contributed by atoms with van der Waals surface area (Å²) in [5.41, 5.74) is 0. The lowest BCUT2D eigenvalue weighted by Crippen LogP contribution is -1.95. The molecule has 1 nitrogen and oxygen atoms in total. The van der Waals surface area contributed by atoms with Gasteiger partial charge in [-0.3, -0.25) is 0 Å². The lowest BCUT2D eigenvalue weighted by atomic mass is 9.97. The van der Waals surface area contributed by atoms with E-state index in [2.05, 4.69) is 38.8 Å². The van der Waals surface area contributed by atoms with Crippen LogP contribution in [0.15, 0.2) is 24.3 Å². The summed E-state index contributed by atoms with van der Waals surface area (Å²) in [7, 11) is 0. The third-order valence-corrected chi connectivity index (χ3v) is 2.80. The molecule has 0 aliphatic heterocycles. The van der Waals surface area contributed by atoms with Gasteiger partial charge in [-0.15, -0.1) is 6.42 Å². The summed E-state index contributed by atoms with van der Waals surface area (Å²) < 4.78 is 5.13. The van der Waals surface area contributed by atoms with Crippen LogP contribution in [0.5, 0.6) is 0 Å². The summed E-state index contributed by atoms with van der Waals surface area (Å²) in [6, 6.07) is 0. The Morgan fingerprint density at radius 1 is 1.11 bits per heavy atom. The van der Waals surface area contributed by atoms with Crippen LogP contribution in [-0.4, -0.2) is 13.2 Å². The molecule has 0 aromatic rings. The minimum Gasteiger partial charge on any atom is -0.365 e. The lowest BCUT2D eigenvalue weighted by Gasteiger charge is -2.09. The Bertz CT molecular complexity index is 268. The molecule has 18 heavy (non-hydrogen) atoms. The van der Waals surface area contributed by atoms with Crippen LogP contribution in [0.25, 0.3) is 0 Å². The summed E-state index contributed by atoms with van der Waals surface area (Å²) in [5.74, 6) is 4.05. The summed E-state index contributed by atoms with van der Waals surface area (Å²) in [6.45, 7) is 7.89. The van der Waals surface area contributed by atoms with Crippen LogP contribution in [0.2, 0.25) is 0 Å². The highest BCUT2D eigenvalue weighted by Crippen LogP contribution is 2.15. The molecule has 0 fully saturated rings. The fourth-order valence-corrected chi connectivity index (χ4v) is 1.70. The van der Waals surface area contributed by atoms with Crippen molar-refractivity contribution in [1.29, 1.82) is 0 Å². The van der Waals surface area contributed by atoms with Crippen molar-refractivity contribution in [3.8, 4) is 12.3 Å². The Morgan fingerprint density at radius 2 is 1.83 bits per heavy atom. The molecule has 0 saturated carbocycles. The maximum atomic E-state index is 5.13. The second kappa shape index (κ2) is 12.5. The van der Waals surface area contributed by atoms with Crippen molar-refractivity contribution in [2.75, 3.05) is 13.2 Å². The molecule has 0 spiro atoms. The average Bonchev–Trinajstić information content (AvgIpc) is 2.32. The second-order valence-corrected chi connectivity index (χ2v) is 5.24. The Hall–Kier alpha value is -1.00. The average molecular weight is 248 g/mol. The number of terminal acetylenes is 1. The van der Waals surface area contributed by atoms with E-state index < -0.39 is 0 Å². The van der Waals surface area contributed by atoms with Gasteiger partial charge in [0.1, 0.15) is 6.61 Å². The number of allylic oxidation sites excluding steroid dienone is 3. The van der Waals surface area contributed by atoms with Gasteiger partial charge in [-0.25, -0.2) is 0 Å². The van der Waals surface area contributed by atoms with Crippen molar-refractivity contribution in [3.63, 3.8) is 0 Å². The topological polar surface area (TPSA) is 9.23 Å². The molecule has 0 amide bonds. The third-order valence-electron chi connectivity index (χ3n) is 2.80. The van der Waals surface area contributed by atoms with Crippen molar-refractivity contribution < 1.29 is 4.74 Å². The van der Waals surface area contributed by atoms with Crippen LogP contribution in [-0.2, 0) is 4.74 Å². The van der Waals surface area contributed by atoms with Crippen LogP contribution in [0.3, 0.4) is 0 Å². The van der Waals surface area contributed by atoms with E-state index in [1.165, 1.54) is 19.3 Å². The van der Waals surface area contributed by atoms with Crippen molar-refractivity contribution in [1.82, 2.24) is 0 Å². The van der Waals surface area contributed by atoms with E-state index >= 15 is 0 Å². The van der Waals surface area contributed by atoms with Crippen LogP contribution >= 0.6 is 0 Å². The fraction of sp³-hybridized carbons (Fsp3) is 0.647. The van der Waals surface area contributed by atoms with E-state index in [1.54, 1.807) is 0 Å². The Kier molecular flexibility index (Phi) is 11.8. The van der Waals surface area contributed by atoms with Crippen LogP contribution < -0.4 is 0 Å². The van der Waals surface area contributed by atoms with Crippen molar-refractivity contribution in [2.24, 2.45) is 11.8 Å². The summed E-state index contributed by atoms with van der Waals surface area (Å²) in [4.78, 5) is 0. The molecule has 1 atom stereocenters. The van der Waals surface area contributed by atoms with Gasteiger partial charge in [0, 0.05) is 0 Å². The van der Waals surface area contributed by atoms with E-state index in [4.69, 9.17) is 11.2 Å². The van der Waals surface area contributed by atoms with E-state index in [1.807, 2.05) is 12.2 Å². The largest absolute Gasteiger partial charge is 0.365 e. The maximum Gasteiger partial charge on any atom is 0.107 e. The van der Waals surface area contributed by atoms with E-state index in [-0.39, 0.29) is 0 Å². The van der Waals surface area contributed by atoms with E-state index in [0.29, 0.717) is 13.2 Å². The molecule has 0 saturated heterocycles. The number of hydrogen-bond acceptors (Lipinski definition) is 1. The van der Waals surface area contributed by atoms with Gasteiger partial charge in [-0.2, -0.15) is 0 Å². The normalized spacial score (nSPS) is 13.5. The number of rotatable bonds is 10. The van der Waals surface area contributed by atoms with E-state index in [0.717, 1.165) is 18.3 Å². The first kappa shape index (κ1) is 17.0. The van der Waals surface area contributed by atoms with Gasteiger partial charge < -0.3 is 4.74 Å². The summed E-state index contributed by atoms with van der Waals surface area (Å²) in [5, 5.41) is 0. The fourth-order valence-electron chi connectivity index (χ4n) is 1.70. The quantitative estimate of drug-likeness (QED) is 0.312. The molecular weight excluding hydrogens is 220 g/mol. The SMILES string of the molecule is C#CCOCC=CC=CCC(C)CCCC(C)C.